The van der Waals surface area contributed by atoms with Gasteiger partial charge in [0.15, 0.2) is 0 Å². The van der Waals surface area contributed by atoms with Gasteiger partial charge in [0.1, 0.15) is 5.78 Å². The molecule has 1 aliphatic rings. The Morgan fingerprint density at radius 3 is 2.38 bits per heavy atom. The average molecular weight is 225 g/mol. The molecule has 0 saturated carbocycles. The predicted molar refractivity (Wildman–Crippen MR) is 64.2 cm³/mol. The molecule has 0 atom stereocenters. The van der Waals surface area contributed by atoms with E-state index in [0.29, 0.717) is 38.1 Å². The molecule has 1 rings (SSSR count). The lowest BCUT2D eigenvalue weighted by atomic mass is 10.1. The van der Waals surface area contributed by atoms with Gasteiger partial charge in [0, 0.05) is 32.4 Å². The van der Waals surface area contributed by atoms with E-state index in [9.17, 15) is 9.59 Å². The average Bonchev–Trinajstić information content (AvgIpc) is 2.29. The fourth-order valence-corrected chi connectivity index (χ4v) is 2.04. The summed E-state index contributed by atoms with van der Waals surface area (Å²) in [6, 6.07) is 0. The maximum Gasteiger partial charge on any atom is 0.222 e. The van der Waals surface area contributed by atoms with E-state index in [1.165, 1.54) is 19.3 Å². The summed E-state index contributed by atoms with van der Waals surface area (Å²) in [5, 5.41) is 0. The monoisotopic (exact) mass is 225 g/mol. The zero-order valence-corrected chi connectivity index (χ0v) is 10.3. The first kappa shape index (κ1) is 13.2. The Balaban J connectivity index is 2.08. The molecule has 0 aromatic carbocycles. The number of ketones is 1. The molecule has 16 heavy (non-hydrogen) atoms. The van der Waals surface area contributed by atoms with Crippen LogP contribution in [0.4, 0.5) is 0 Å². The largest absolute Gasteiger partial charge is 0.342 e. The van der Waals surface area contributed by atoms with Gasteiger partial charge in [-0.2, -0.15) is 0 Å². The lowest BCUT2D eigenvalue weighted by Crippen LogP contribution is -2.38. The van der Waals surface area contributed by atoms with Crippen LogP contribution in [-0.4, -0.2) is 29.7 Å². The standard InChI is InChI=1S/C13H23NO2/c1-2-3-4-5-6-7-13(16)14-10-8-12(15)9-11-14/h2-11H2,1H3. The third kappa shape index (κ3) is 4.77. The van der Waals surface area contributed by atoms with Crippen molar-refractivity contribution in [2.75, 3.05) is 13.1 Å². The first-order valence-electron chi connectivity index (χ1n) is 6.53. The Morgan fingerprint density at radius 1 is 1.12 bits per heavy atom. The summed E-state index contributed by atoms with van der Waals surface area (Å²) in [5.74, 6) is 0.538. The normalized spacial score (nSPS) is 16.6. The second-order valence-corrected chi connectivity index (χ2v) is 4.58. The van der Waals surface area contributed by atoms with Gasteiger partial charge < -0.3 is 4.90 Å². The van der Waals surface area contributed by atoms with Crippen LogP contribution in [0, 0.1) is 0 Å². The van der Waals surface area contributed by atoms with Crippen LogP contribution in [0.2, 0.25) is 0 Å². The number of hydrogen-bond acceptors (Lipinski definition) is 2. The predicted octanol–water partition coefficient (Wildman–Crippen LogP) is 2.54. The molecule has 1 saturated heterocycles. The lowest BCUT2D eigenvalue weighted by Gasteiger charge is -2.26. The minimum Gasteiger partial charge on any atom is -0.342 e. The van der Waals surface area contributed by atoms with Crippen LogP contribution < -0.4 is 0 Å². The summed E-state index contributed by atoms with van der Waals surface area (Å²) in [5.41, 5.74) is 0. The van der Waals surface area contributed by atoms with E-state index in [1.807, 2.05) is 4.90 Å². The zero-order valence-electron chi connectivity index (χ0n) is 10.3. The number of rotatable bonds is 6. The number of amides is 1. The summed E-state index contributed by atoms with van der Waals surface area (Å²) in [6.07, 6.45) is 7.69. The molecule has 0 N–H and O–H groups in total. The van der Waals surface area contributed by atoms with Gasteiger partial charge >= 0.3 is 0 Å². The molecule has 1 aliphatic heterocycles. The van der Waals surface area contributed by atoms with E-state index < -0.39 is 0 Å². The third-order valence-electron chi connectivity index (χ3n) is 3.17. The number of Topliss-reactive ketones (excluding diaryl/α,β-unsaturated/α-hetero) is 1. The van der Waals surface area contributed by atoms with Crippen molar-refractivity contribution in [2.24, 2.45) is 0 Å². The minimum absolute atomic E-state index is 0.240. The second-order valence-electron chi connectivity index (χ2n) is 4.58. The molecule has 0 bridgehead atoms. The highest BCUT2D eigenvalue weighted by Gasteiger charge is 2.19. The third-order valence-corrected chi connectivity index (χ3v) is 3.17. The highest BCUT2D eigenvalue weighted by Crippen LogP contribution is 2.10. The van der Waals surface area contributed by atoms with Crippen molar-refractivity contribution in [3.8, 4) is 0 Å². The molecule has 1 heterocycles. The summed E-state index contributed by atoms with van der Waals surface area (Å²) in [6.45, 7) is 3.48. The minimum atomic E-state index is 0.240. The maximum absolute atomic E-state index is 11.8. The molecule has 92 valence electrons. The molecule has 1 fully saturated rings. The Morgan fingerprint density at radius 2 is 1.75 bits per heavy atom. The van der Waals surface area contributed by atoms with E-state index in [-0.39, 0.29) is 5.91 Å². The molecule has 1 amide bonds. The molecule has 3 nitrogen and oxygen atoms in total. The zero-order chi connectivity index (χ0) is 11.8. The first-order valence-corrected chi connectivity index (χ1v) is 6.53. The van der Waals surface area contributed by atoms with Gasteiger partial charge in [-0.15, -0.1) is 0 Å². The van der Waals surface area contributed by atoms with E-state index in [0.717, 1.165) is 12.8 Å². The summed E-state index contributed by atoms with van der Waals surface area (Å²) in [4.78, 5) is 24.6. The molecule has 3 heteroatoms. The summed E-state index contributed by atoms with van der Waals surface area (Å²) in [7, 11) is 0. The SMILES string of the molecule is CCCCCCCC(=O)N1CCC(=O)CC1. The number of nitrogens with zero attached hydrogens (tertiary/aromatic N) is 1. The van der Waals surface area contributed by atoms with Gasteiger partial charge in [-0.3, -0.25) is 9.59 Å². The number of piperidine rings is 1. The highest BCUT2D eigenvalue weighted by molar-refractivity contribution is 5.83. The van der Waals surface area contributed by atoms with Crippen LogP contribution in [0.1, 0.15) is 58.3 Å². The molecule has 0 aliphatic carbocycles. The van der Waals surface area contributed by atoms with Crippen molar-refractivity contribution in [3.63, 3.8) is 0 Å². The second kappa shape index (κ2) is 7.42. The Hall–Kier alpha value is -0.860. The van der Waals surface area contributed by atoms with Crippen molar-refractivity contribution in [1.29, 1.82) is 0 Å². The molecule has 0 unspecified atom stereocenters. The smallest absolute Gasteiger partial charge is 0.222 e. The van der Waals surface area contributed by atoms with Crippen molar-refractivity contribution >= 4 is 11.7 Å². The quantitative estimate of drug-likeness (QED) is 0.651. The van der Waals surface area contributed by atoms with Crippen LogP contribution in [0.5, 0.6) is 0 Å². The van der Waals surface area contributed by atoms with Crippen molar-refractivity contribution in [2.45, 2.75) is 58.3 Å². The van der Waals surface area contributed by atoms with E-state index in [2.05, 4.69) is 6.92 Å². The Labute approximate surface area is 98.2 Å². The summed E-state index contributed by atoms with van der Waals surface area (Å²) >= 11 is 0. The van der Waals surface area contributed by atoms with Crippen LogP contribution in [0.15, 0.2) is 0 Å². The van der Waals surface area contributed by atoms with Gasteiger partial charge in [-0.25, -0.2) is 0 Å². The maximum atomic E-state index is 11.8. The number of hydrogen-bond donors (Lipinski definition) is 0. The topological polar surface area (TPSA) is 37.4 Å². The van der Waals surface area contributed by atoms with Crippen LogP contribution in [0.25, 0.3) is 0 Å². The van der Waals surface area contributed by atoms with Gasteiger partial charge in [0.05, 0.1) is 0 Å². The van der Waals surface area contributed by atoms with E-state index >= 15 is 0 Å². The molecule has 0 spiro atoms. The lowest BCUT2D eigenvalue weighted by molar-refractivity contribution is -0.134. The molecular weight excluding hydrogens is 202 g/mol. The van der Waals surface area contributed by atoms with Crippen molar-refractivity contribution in [1.82, 2.24) is 4.90 Å². The highest BCUT2D eigenvalue weighted by atomic mass is 16.2. The Kier molecular flexibility index (Phi) is 6.12. The fraction of sp³-hybridized carbons (Fsp3) is 0.846. The van der Waals surface area contributed by atoms with Gasteiger partial charge in [0.25, 0.3) is 0 Å². The van der Waals surface area contributed by atoms with Crippen LogP contribution in [-0.2, 0) is 9.59 Å². The molecule has 0 radical (unpaired) electrons. The first-order chi connectivity index (χ1) is 7.74. The van der Waals surface area contributed by atoms with Gasteiger partial charge in [0.2, 0.25) is 5.91 Å². The Bertz CT molecular complexity index is 228. The number of unbranched alkanes of at least 4 members (excludes halogenated alkanes) is 4. The summed E-state index contributed by atoms with van der Waals surface area (Å²) < 4.78 is 0. The molecule has 0 aromatic rings. The number of carbonyl (C=O) groups is 2. The number of carbonyl (C=O) groups excluding carboxylic acids is 2. The van der Waals surface area contributed by atoms with Crippen molar-refractivity contribution in [3.05, 3.63) is 0 Å². The fourth-order valence-electron chi connectivity index (χ4n) is 2.04. The van der Waals surface area contributed by atoms with E-state index in [1.54, 1.807) is 0 Å². The number of likely N-dealkylation sites (tertiary alicyclic amines) is 1. The van der Waals surface area contributed by atoms with Crippen LogP contribution in [0.3, 0.4) is 0 Å². The van der Waals surface area contributed by atoms with Gasteiger partial charge in [-0.05, 0) is 6.42 Å². The van der Waals surface area contributed by atoms with Crippen molar-refractivity contribution < 1.29 is 9.59 Å². The molecular formula is C13H23NO2. The van der Waals surface area contributed by atoms with E-state index in [4.69, 9.17) is 0 Å². The molecule has 0 aromatic heterocycles. The van der Waals surface area contributed by atoms with Gasteiger partial charge in [-0.1, -0.05) is 32.6 Å². The van der Waals surface area contributed by atoms with Crippen LogP contribution >= 0.6 is 0 Å².